The molecule has 4 fully saturated rings. The van der Waals surface area contributed by atoms with Crippen LogP contribution in [0.5, 0.6) is 0 Å². The average molecular weight is 522 g/mol. The van der Waals surface area contributed by atoms with E-state index < -0.39 is 23.3 Å². The molecule has 5 rings (SSSR count). The number of carbonyl (C=O) groups excluding carboxylic acids is 3. The second kappa shape index (κ2) is 10.0. The fourth-order valence-corrected chi connectivity index (χ4v) is 5.25. The van der Waals surface area contributed by atoms with E-state index in [-0.39, 0.29) is 48.9 Å². The summed E-state index contributed by atoms with van der Waals surface area (Å²) in [6, 6.07) is 1.95. The Balaban J connectivity index is 1.22. The first-order valence-electron chi connectivity index (χ1n) is 12.6. The summed E-state index contributed by atoms with van der Waals surface area (Å²) in [6.07, 6.45) is -0.240. The highest BCUT2D eigenvalue weighted by molar-refractivity contribution is 5.91. The Kier molecular flexibility index (Phi) is 6.94. The number of amides is 3. The van der Waals surface area contributed by atoms with Crippen LogP contribution in [0, 0.1) is 11.6 Å². The maximum atomic E-state index is 15.2. The van der Waals surface area contributed by atoms with E-state index in [4.69, 9.17) is 4.74 Å². The summed E-state index contributed by atoms with van der Waals surface area (Å²) in [6.45, 7) is 6.44. The van der Waals surface area contributed by atoms with Gasteiger partial charge in [0.1, 0.15) is 5.69 Å². The Morgan fingerprint density at radius 2 is 1.81 bits per heavy atom. The number of ether oxygens (including phenoxy) is 1. The van der Waals surface area contributed by atoms with Gasteiger partial charge in [0.2, 0.25) is 5.91 Å². The number of nitrogens with zero attached hydrogens (tertiary/aromatic N) is 5. The van der Waals surface area contributed by atoms with E-state index in [0.717, 1.165) is 38.3 Å². The first kappa shape index (κ1) is 25.6. The van der Waals surface area contributed by atoms with E-state index in [1.807, 2.05) is 0 Å². The summed E-state index contributed by atoms with van der Waals surface area (Å²) in [7, 11) is 2.05. The molecular formula is C24H33F2N7O4. The first-order chi connectivity index (χ1) is 17.6. The van der Waals surface area contributed by atoms with Gasteiger partial charge >= 0.3 is 6.09 Å². The number of hydrogen-bond donors (Lipinski definition) is 2. The van der Waals surface area contributed by atoms with Crippen LogP contribution < -0.4 is 20.5 Å². The highest BCUT2D eigenvalue weighted by Gasteiger charge is 2.64. The first-order valence-corrected chi connectivity index (χ1v) is 12.6. The number of anilines is 2. The molecule has 1 spiro atoms. The third-order valence-electron chi connectivity index (χ3n) is 7.50. The number of hydrogen-bond acceptors (Lipinski definition) is 8. The Labute approximate surface area is 214 Å². The zero-order valence-electron chi connectivity index (χ0n) is 21.1. The van der Waals surface area contributed by atoms with Gasteiger partial charge in [-0.25, -0.2) is 19.0 Å². The molecule has 2 atom stereocenters. The van der Waals surface area contributed by atoms with Crippen LogP contribution in [0.3, 0.4) is 0 Å². The molecule has 1 saturated carbocycles. The van der Waals surface area contributed by atoms with Gasteiger partial charge in [-0.1, -0.05) is 0 Å². The monoisotopic (exact) mass is 521 g/mol. The highest BCUT2D eigenvalue weighted by Crippen LogP contribution is 2.46. The number of hydrazine groups is 1. The molecule has 37 heavy (non-hydrogen) atoms. The molecule has 202 valence electrons. The number of halogens is 2. The van der Waals surface area contributed by atoms with E-state index >= 15 is 8.78 Å². The van der Waals surface area contributed by atoms with E-state index in [1.165, 1.54) is 16.8 Å². The van der Waals surface area contributed by atoms with Crippen LogP contribution >= 0.6 is 0 Å². The van der Waals surface area contributed by atoms with E-state index in [2.05, 4.69) is 27.6 Å². The third kappa shape index (κ3) is 5.34. The lowest BCUT2D eigenvalue weighted by Crippen LogP contribution is -2.52. The third-order valence-corrected chi connectivity index (χ3v) is 7.50. The Bertz CT molecular complexity index is 1060. The predicted octanol–water partition coefficient (Wildman–Crippen LogP) is -0.0308. The zero-order valence-corrected chi connectivity index (χ0v) is 21.1. The van der Waals surface area contributed by atoms with Gasteiger partial charge in [-0.3, -0.25) is 24.4 Å². The molecule has 1 aromatic carbocycles. The van der Waals surface area contributed by atoms with E-state index in [9.17, 15) is 14.4 Å². The van der Waals surface area contributed by atoms with Crippen LogP contribution in [-0.4, -0.2) is 117 Å². The highest BCUT2D eigenvalue weighted by atomic mass is 19.1. The predicted molar refractivity (Wildman–Crippen MR) is 131 cm³/mol. The van der Waals surface area contributed by atoms with Crippen molar-refractivity contribution in [3.8, 4) is 0 Å². The molecule has 1 aliphatic carbocycles. The average Bonchev–Trinajstić information content (AvgIpc) is 3.45. The second-order valence-electron chi connectivity index (χ2n) is 10.3. The molecule has 0 bridgehead atoms. The van der Waals surface area contributed by atoms with Gasteiger partial charge in [0.05, 0.1) is 31.4 Å². The Hall–Kier alpha value is -3.03. The maximum Gasteiger partial charge on any atom is 0.415 e. The topological polar surface area (TPSA) is 101 Å². The van der Waals surface area contributed by atoms with E-state index in [1.54, 1.807) is 4.90 Å². The summed E-state index contributed by atoms with van der Waals surface area (Å²) in [5.41, 5.74) is 2.09. The van der Waals surface area contributed by atoms with Crippen molar-refractivity contribution < 1.29 is 27.9 Å². The summed E-state index contributed by atoms with van der Waals surface area (Å²) in [4.78, 5) is 43.7. The summed E-state index contributed by atoms with van der Waals surface area (Å²) in [5, 5.41) is 4.25. The molecule has 4 aliphatic rings. The maximum absolute atomic E-state index is 15.2. The molecule has 3 aliphatic heterocycles. The number of likely N-dealkylation sites (N-methyl/N-ethyl adjacent to an activating group) is 1. The SMILES string of the molecule is CC(=O)NC1CC12CN(c1cc(F)c(N3CCNN(C(=O)CN4CCN(C)CC4)CC3)c(F)c1)C(=O)O2. The van der Waals surface area contributed by atoms with Gasteiger partial charge in [0.25, 0.3) is 5.91 Å². The van der Waals surface area contributed by atoms with Crippen molar-refractivity contribution in [1.82, 2.24) is 25.6 Å². The molecule has 13 heteroatoms. The quantitative estimate of drug-likeness (QED) is 0.558. The van der Waals surface area contributed by atoms with Crippen LogP contribution in [0.15, 0.2) is 12.1 Å². The zero-order chi connectivity index (χ0) is 26.3. The molecule has 0 aromatic heterocycles. The smallest absolute Gasteiger partial charge is 0.415 e. The minimum absolute atomic E-state index is 0.0611. The lowest BCUT2D eigenvalue weighted by Gasteiger charge is -2.33. The molecule has 3 saturated heterocycles. The minimum Gasteiger partial charge on any atom is -0.438 e. The van der Waals surface area contributed by atoms with Gasteiger partial charge in [-0.15, -0.1) is 0 Å². The van der Waals surface area contributed by atoms with Gasteiger partial charge in [0.15, 0.2) is 17.2 Å². The van der Waals surface area contributed by atoms with Gasteiger partial charge in [0, 0.05) is 71.3 Å². The molecule has 0 radical (unpaired) electrons. The standard InChI is InChI=1S/C24H33F2N7O4/c1-16(34)28-20-13-24(20)15-32(23(36)37-24)17-11-18(25)22(19(26)12-17)31-4-3-27-33(10-9-31)21(35)14-30-7-5-29(2)6-8-30/h11-12,20,27H,3-10,13-15H2,1-2H3,(H,28,34). The largest absolute Gasteiger partial charge is 0.438 e. The molecule has 1 aromatic rings. The fraction of sp³-hybridized carbons (Fsp3) is 0.625. The number of carbonyl (C=O) groups is 3. The van der Waals surface area contributed by atoms with Crippen molar-refractivity contribution in [2.75, 3.05) is 82.3 Å². The number of piperazine rings is 1. The minimum atomic E-state index is -0.856. The van der Waals surface area contributed by atoms with E-state index in [0.29, 0.717) is 26.1 Å². The van der Waals surface area contributed by atoms with Crippen molar-refractivity contribution in [1.29, 1.82) is 0 Å². The van der Waals surface area contributed by atoms with Gasteiger partial charge in [-0.05, 0) is 7.05 Å². The summed E-state index contributed by atoms with van der Waals surface area (Å²) in [5.74, 6) is -1.89. The normalized spacial score (nSPS) is 26.9. The lowest BCUT2D eigenvalue weighted by atomic mass is 10.2. The Morgan fingerprint density at radius 3 is 2.49 bits per heavy atom. The van der Waals surface area contributed by atoms with Crippen LogP contribution in [-0.2, 0) is 14.3 Å². The van der Waals surface area contributed by atoms with Crippen LogP contribution in [0.4, 0.5) is 25.0 Å². The van der Waals surface area contributed by atoms with Crippen molar-refractivity contribution in [2.45, 2.75) is 25.0 Å². The molecule has 11 nitrogen and oxygen atoms in total. The van der Waals surface area contributed by atoms with Gasteiger partial charge in [-0.2, -0.15) is 0 Å². The Morgan fingerprint density at radius 1 is 1.11 bits per heavy atom. The molecular weight excluding hydrogens is 488 g/mol. The van der Waals surface area contributed by atoms with Crippen molar-refractivity contribution in [2.24, 2.45) is 0 Å². The summed E-state index contributed by atoms with van der Waals surface area (Å²) >= 11 is 0. The fourth-order valence-electron chi connectivity index (χ4n) is 5.25. The van der Waals surface area contributed by atoms with Crippen molar-refractivity contribution >= 4 is 29.3 Å². The van der Waals surface area contributed by atoms with Crippen LogP contribution in [0.25, 0.3) is 0 Å². The molecule has 2 N–H and O–H groups in total. The molecule has 2 unspecified atom stereocenters. The molecule has 3 amide bonds. The summed E-state index contributed by atoms with van der Waals surface area (Å²) < 4.78 is 35.9. The second-order valence-corrected chi connectivity index (χ2v) is 10.3. The molecule has 3 heterocycles. The van der Waals surface area contributed by atoms with Crippen molar-refractivity contribution in [3.63, 3.8) is 0 Å². The number of benzene rings is 1. The lowest BCUT2D eigenvalue weighted by molar-refractivity contribution is -0.135. The number of rotatable bonds is 5. The number of nitrogens with one attached hydrogen (secondary N) is 2. The van der Waals surface area contributed by atoms with Crippen molar-refractivity contribution in [3.05, 3.63) is 23.8 Å². The van der Waals surface area contributed by atoms with Crippen LogP contribution in [0.1, 0.15) is 13.3 Å². The van der Waals surface area contributed by atoms with Gasteiger partial charge < -0.3 is 19.9 Å². The van der Waals surface area contributed by atoms with Crippen LogP contribution in [0.2, 0.25) is 0 Å².